The highest BCUT2D eigenvalue weighted by atomic mass is 28.4. The van der Waals surface area contributed by atoms with Crippen LogP contribution in [0.4, 0.5) is 0 Å². The van der Waals surface area contributed by atoms with Crippen molar-refractivity contribution in [3.8, 4) is 0 Å². The molecule has 0 heterocycles. The summed E-state index contributed by atoms with van der Waals surface area (Å²) in [6.45, 7) is 20.9. The van der Waals surface area contributed by atoms with Gasteiger partial charge in [-0.3, -0.25) is 0 Å². The maximum atomic E-state index is 12.0. The summed E-state index contributed by atoms with van der Waals surface area (Å²) in [5.41, 5.74) is 1.30. The van der Waals surface area contributed by atoms with Crippen LogP contribution in [-0.2, 0) is 9.22 Å². The minimum absolute atomic E-state index is 0.0699. The minimum atomic E-state index is -2.21. The molecular weight excluding hydrogens is 240 g/mol. The normalized spacial score (nSPS) is 13.0. The number of rotatable bonds is 6. The first kappa shape index (κ1) is 17.4. The quantitative estimate of drug-likeness (QED) is 0.498. The average Bonchev–Trinajstić information content (AvgIpc) is 2.23. The van der Waals surface area contributed by atoms with E-state index >= 15 is 0 Å². The maximum absolute atomic E-state index is 12.0. The Hall–Kier alpha value is -0.573. The minimum Gasteiger partial charge on any atom is -0.515 e. The summed E-state index contributed by atoms with van der Waals surface area (Å²) < 4.78 is 6.08. The lowest BCUT2D eigenvalue weighted by atomic mass is 10.1. The lowest BCUT2D eigenvalue weighted by molar-refractivity contribution is -0.131. The monoisotopic (exact) mass is 270 g/mol. The van der Waals surface area contributed by atoms with Gasteiger partial charge in [-0.2, -0.15) is 0 Å². The molecule has 0 radical (unpaired) electrons. The van der Waals surface area contributed by atoms with Gasteiger partial charge in [0.1, 0.15) is 0 Å². The zero-order valence-electron chi connectivity index (χ0n) is 13.4. The topological polar surface area (TPSA) is 26.3 Å². The molecule has 106 valence electrons. The second-order valence-electron chi connectivity index (χ2n) is 6.51. The summed E-state index contributed by atoms with van der Waals surface area (Å²) >= 11 is 0. The number of carbonyl (C=O) groups excluding carboxylic acids is 1. The molecule has 0 aliphatic carbocycles. The van der Waals surface area contributed by atoms with Crippen molar-refractivity contribution in [2.75, 3.05) is 0 Å². The lowest BCUT2D eigenvalue weighted by Gasteiger charge is -2.48. The van der Waals surface area contributed by atoms with Crippen LogP contribution in [-0.4, -0.2) is 14.3 Å². The van der Waals surface area contributed by atoms with Crippen molar-refractivity contribution in [3.05, 3.63) is 12.2 Å². The van der Waals surface area contributed by atoms with Gasteiger partial charge in [0.15, 0.2) is 0 Å². The van der Waals surface area contributed by atoms with Crippen LogP contribution in [0.15, 0.2) is 12.2 Å². The first-order chi connectivity index (χ1) is 8.02. The van der Waals surface area contributed by atoms with Crippen LogP contribution in [0.1, 0.15) is 61.8 Å². The summed E-state index contributed by atoms with van der Waals surface area (Å²) in [4.78, 5) is 12.0. The molecule has 0 unspecified atom stereocenters. The first-order valence-electron chi connectivity index (χ1n) is 6.91. The third kappa shape index (κ3) is 3.05. The SMILES string of the molecule is C=C(C)C(=O)O[Si](C(C)C)(C(C)C)C(C)(C)CC. The van der Waals surface area contributed by atoms with E-state index < -0.39 is 8.32 Å². The van der Waals surface area contributed by atoms with E-state index in [1.165, 1.54) is 0 Å². The highest BCUT2D eigenvalue weighted by Gasteiger charge is 2.55. The second-order valence-corrected chi connectivity index (χ2v) is 12.0. The molecule has 0 N–H and O–H groups in total. The number of carbonyl (C=O) groups is 1. The molecule has 0 bridgehead atoms. The molecule has 0 aromatic rings. The summed E-state index contributed by atoms with van der Waals surface area (Å²) in [5.74, 6) is -0.217. The van der Waals surface area contributed by atoms with Gasteiger partial charge >= 0.3 is 5.97 Å². The average molecular weight is 270 g/mol. The highest BCUT2D eigenvalue weighted by Crippen LogP contribution is 2.53. The molecule has 0 amide bonds. The van der Waals surface area contributed by atoms with Crippen LogP contribution in [0.2, 0.25) is 16.1 Å². The van der Waals surface area contributed by atoms with Crippen LogP contribution in [0.3, 0.4) is 0 Å². The lowest BCUT2D eigenvalue weighted by Crippen LogP contribution is -2.54. The molecule has 0 rings (SSSR count). The molecule has 0 aromatic heterocycles. The van der Waals surface area contributed by atoms with Gasteiger partial charge in [-0.25, -0.2) is 4.79 Å². The van der Waals surface area contributed by atoms with Crippen molar-refractivity contribution in [2.45, 2.75) is 77.9 Å². The zero-order valence-corrected chi connectivity index (χ0v) is 14.4. The van der Waals surface area contributed by atoms with Gasteiger partial charge in [0, 0.05) is 5.57 Å². The second kappa shape index (κ2) is 6.05. The molecule has 0 aliphatic rings. The molecule has 0 fully saturated rings. The van der Waals surface area contributed by atoms with Gasteiger partial charge in [0.2, 0.25) is 0 Å². The standard InChI is InChI=1S/C15H30O2Si/c1-10-15(8,9)18(12(4)5,13(6)7)17-14(16)11(2)3/h12-13H,2,10H2,1,3-9H3. The predicted molar refractivity (Wildman–Crippen MR) is 81.2 cm³/mol. The Morgan fingerprint density at radius 1 is 1.22 bits per heavy atom. The molecule has 0 aromatic carbocycles. The molecule has 3 heteroatoms. The zero-order chi connectivity index (χ0) is 14.7. The third-order valence-corrected chi connectivity index (χ3v) is 10.7. The highest BCUT2D eigenvalue weighted by molar-refractivity contribution is 6.80. The van der Waals surface area contributed by atoms with Gasteiger partial charge in [-0.1, -0.05) is 61.5 Å². The molecular formula is C15H30O2Si. The molecule has 0 spiro atoms. The van der Waals surface area contributed by atoms with Crippen LogP contribution in [0.5, 0.6) is 0 Å². The van der Waals surface area contributed by atoms with Crippen molar-refractivity contribution in [1.82, 2.24) is 0 Å². The van der Waals surface area contributed by atoms with Gasteiger partial charge < -0.3 is 4.43 Å². The Kier molecular flexibility index (Phi) is 5.85. The molecule has 2 nitrogen and oxygen atoms in total. The van der Waals surface area contributed by atoms with E-state index in [1.54, 1.807) is 6.92 Å². The third-order valence-electron chi connectivity index (χ3n) is 4.27. The summed E-state index contributed by atoms with van der Waals surface area (Å²) in [5, 5.41) is 0.0699. The molecule has 0 atom stereocenters. The number of hydrogen-bond acceptors (Lipinski definition) is 2. The van der Waals surface area contributed by atoms with Gasteiger partial charge in [-0.05, 0) is 23.0 Å². The first-order valence-corrected chi connectivity index (χ1v) is 8.98. The Bertz CT molecular complexity index is 308. The van der Waals surface area contributed by atoms with Crippen LogP contribution in [0, 0.1) is 0 Å². The van der Waals surface area contributed by atoms with E-state index in [-0.39, 0.29) is 11.0 Å². The largest absolute Gasteiger partial charge is 0.515 e. The van der Waals surface area contributed by atoms with Crippen molar-refractivity contribution in [1.29, 1.82) is 0 Å². The predicted octanol–water partition coefficient (Wildman–Crippen LogP) is 5.06. The maximum Gasteiger partial charge on any atom is 0.319 e. The Labute approximate surface area is 114 Å². The van der Waals surface area contributed by atoms with E-state index in [9.17, 15) is 4.79 Å². The Morgan fingerprint density at radius 2 is 1.61 bits per heavy atom. The van der Waals surface area contributed by atoms with Crippen LogP contribution < -0.4 is 0 Å². The number of hydrogen-bond donors (Lipinski definition) is 0. The van der Waals surface area contributed by atoms with Crippen LogP contribution in [0.25, 0.3) is 0 Å². The van der Waals surface area contributed by atoms with E-state index in [0.29, 0.717) is 16.7 Å². The molecule has 0 saturated carbocycles. The van der Waals surface area contributed by atoms with E-state index in [0.717, 1.165) is 6.42 Å². The van der Waals surface area contributed by atoms with Crippen molar-refractivity contribution in [3.63, 3.8) is 0 Å². The molecule has 0 aliphatic heterocycles. The van der Waals surface area contributed by atoms with Gasteiger partial charge in [0.25, 0.3) is 8.32 Å². The fraction of sp³-hybridized carbons (Fsp3) is 0.800. The smallest absolute Gasteiger partial charge is 0.319 e. The van der Waals surface area contributed by atoms with Crippen molar-refractivity contribution in [2.24, 2.45) is 0 Å². The fourth-order valence-corrected chi connectivity index (χ4v) is 9.36. The molecule has 18 heavy (non-hydrogen) atoms. The summed E-state index contributed by atoms with van der Waals surface area (Å²) in [6, 6.07) is 0. The Morgan fingerprint density at radius 3 is 1.83 bits per heavy atom. The van der Waals surface area contributed by atoms with Crippen molar-refractivity contribution >= 4 is 14.3 Å². The van der Waals surface area contributed by atoms with Gasteiger partial charge in [0.05, 0.1) is 0 Å². The Balaban J connectivity index is 5.66. The van der Waals surface area contributed by atoms with Crippen LogP contribution >= 0.6 is 0 Å². The fourth-order valence-electron chi connectivity index (χ4n) is 3.12. The van der Waals surface area contributed by atoms with Crippen molar-refractivity contribution < 1.29 is 9.22 Å². The summed E-state index contributed by atoms with van der Waals surface area (Å²) in [6.07, 6.45) is 1.03. The van der Waals surface area contributed by atoms with E-state index in [4.69, 9.17) is 4.43 Å². The summed E-state index contributed by atoms with van der Waals surface area (Å²) in [7, 11) is -2.21. The molecule has 0 saturated heterocycles. The van der Waals surface area contributed by atoms with Gasteiger partial charge in [-0.15, -0.1) is 0 Å². The van der Waals surface area contributed by atoms with E-state index in [2.05, 4.69) is 55.0 Å². The van der Waals surface area contributed by atoms with E-state index in [1.807, 2.05) is 0 Å².